The van der Waals surface area contributed by atoms with Gasteiger partial charge in [-0.1, -0.05) is 67.1 Å². The molecule has 0 aromatic heterocycles. The van der Waals surface area contributed by atoms with Crippen LogP contribution in [0.2, 0.25) is 5.02 Å². The van der Waals surface area contributed by atoms with Crippen molar-refractivity contribution >= 4 is 22.4 Å². The minimum Gasteiger partial charge on any atom is -0.507 e. The van der Waals surface area contributed by atoms with Gasteiger partial charge < -0.3 is 5.11 Å². The van der Waals surface area contributed by atoms with Gasteiger partial charge in [0.25, 0.3) is 0 Å². The van der Waals surface area contributed by atoms with E-state index >= 15 is 0 Å². The molecular formula is C18H15ClO. The smallest absolute Gasteiger partial charge is 0.127 e. The molecule has 3 aromatic carbocycles. The van der Waals surface area contributed by atoms with Gasteiger partial charge in [0.05, 0.1) is 0 Å². The zero-order valence-corrected chi connectivity index (χ0v) is 11.9. The maximum absolute atomic E-state index is 10.5. The van der Waals surface area contributed by atoms with Gasteiger partial charge in [0, 0.05) is 21.9 Å². The van der Waals surface area contributed by atoms with Crippen molar-refractivity contribution < 1.29 is 5.11 Å². The van der Waals surface area contributed by atoms with Gasteiger partial charge in [-0.3, -0.25) is 0 Å². The van der Waals surface area contributed by atoms with Crippen molar-refractivity contribution in [1.29, 1.82) is 0 Å². The van der Waals surface area contributed by atoms with Crippen LogP contribution >= 0.6 is 11.6 Å². The molecule has 0 heterocycles. The Morgan fingerprint density at radius 2 is 1.60 bits per heavy atom. The average molecular weight is 283 g/mol. The highest BCUT2D eigenvalue weighted by Gasteiger charge is 2.14. The number of rotatable bonds is 2. The van der Waals surface area contributed by atoms with Crippen LogP contribution in [0.5, 0.6) is 5.75 Å². The van der Waals surface area contributed by atoms with Gasteiger partial charge in [0.2, 0.25) is 0 Å². The van der Waals surface area contributed by atoms with Gasteiger partial charge in [0.1, 0.15) is 5.75 Å². The number of phenols is 1. The van der Waals surface area contributed by atoms with Crippen LogP contribution in [0.4, 0.5) is 0 Å². The summed E-state index contributed by atoms with van der Waals surface area (Å²) < 4.78 is 0. The van der Waals surface area contributed by atoms with Crippen molar-refractivity contribution in [3.63, 3.8) is 0 Å². The van der Waals surface area contributed by atoms with Gasteiger partial charge in [-0.25, -0.2) is 0 Å². The first-order valence-electron chi connectivity index (χ1n) is 6.63. The highest BCUT2D eigenvalue weighted by molar-refractivity contribution is 6.30. The van der Waals surface area contributed by atoms with Crippen LogP contribution in [-0.2, 0) is 0 Å². The van der Waals surface area contributed by atoms with Gasteiger partial charge in [0.15, 0.2) is 0 Å². The molecule has 0 aliphatic rings. The molecular weight excluding hydrogens is 268 g/mol. The molecule has 2 heteroatoms. The standard InChI is InChI=1S/C18H15ClO/c1-12(13-6-9-15(19)10-7-13)16-11-8-14-4-2-3-5-17(14)18(16)20/h2-12,20H,1H3. The average Bonchev–Trinajstić information content (AvgIpc) is 2.48. The Morgan fingerprint density at radius 1 is 0.900 bits per heavy atom. The third-order valence-corrected chi connectivity index (χ3v) is 4.02. The maximum Gasteiger partial charge on any atom is 0.127 e. The van der Waals surface area contributed by atoms with Gasteiger partial charge in [-0.15, -0.1) is 0 Å². The van der Waals surface area contributed by atoms with Crippen molar-refractivity contribution in [2.24, 2.45) is 0 Å². The van der Waals surface area contributed by atoms with Crippen LogP contribution in [0.3, 0.4) is 0 Å². The molecule has 1 nitrogen and oxygen atoms in total. The molecule has 0 saturated carbocycles. The van der Waals surface area contributed by atoms with Gasteiger partial charge in [-0.2, -0.15) is 0 Å². The quantitative estimate of drug-likeness (QED) is 0.672. The summed E-state index contributed by atoms with van der Waals surface area (Å²) >= 11 is 5.92. The Labute approximate surface area is 123 Å². The van der Waals surface area contributed by atoms with Crippen LogP contribution in [0, 0.1) is 0 Å². The summed E-state index contributed by atoms with van der Waals surface area (Å²) in [6, 6.07) is 19.7. The van der Waals surface area contributed by atoms with Crippen LogP contribution < -0.4 is 0 Å². The predicted molar refractivity (Wildman–Crippen MR) is 84.6 cm³/mol. The first-order chi connectivity index (χ1) is 9.66. The Bertz CT molecular complexity index is 747. The monoisotopic (exact) mass is 282 g/mol. The molecule has 1 N–H and O–H groups in total. The van der Waals surface area contributed by atoms with E-state index in [1.807, 2.05) is 54.6 Å². The van der Waals surface area contributed by atoms with Crippen molar-refractivity contribution in [2.75, 3.05) is 0 Å². The molecule has 100 valence electrons. The lowest BCUT2D eigenvalue weighted by molar-refractivity contribution is 0.472. The van der Waals surface area contributed by atoms with Crippen LogP contribution in [0.25, 0.3) is 10.8 Å². The van der Waals surface area contributed by atoms with E-state index < -0.39 is 0 Å². The molecule has 0 fully saturated rings. The topological polar surface area (TPSA) is 20.2 Å². The lowest BCUT2D eigenvalue weighted by atomic mass is 9.90. The predicted octanol–water partition coefficient (Wildman–Crippen LogP) is 5.35. The number of phenolic OH excluding ortho intramolecular Hbond substituents is 1. The summed E-state index contributed by atoms with van der Waals surface area (Å²) in [6.45, 7) is 2.09. The Hall–Kier alpha value is -1.99. The molecule has 1 atom stereocenters. The van der Waals surface area contributed by atoms with Crippen LogP contribution in [-0.4, -0.2) is 5.11 Å². The molecule has 0 bridgehead atoms. The van der Waals surface area contributed by atoms with E-state index in [-0.39, 0.29) is 5.92 Å². The molecule has 0 aliphatic carbocycles. The van der Waals surface area contributed by atoms with E-state index in [1.165, 1.54) is 0 Å². The summed E-state index contributed by atoms with van der Waals surface area (Å²) in [6.07, 6.45) is 0. The SMILES string of the molecule is CC(c1ccc(Cl)cc1)c1ccc2ccccc2c1O. The third kappa shape index (κ3) is 2.25. The zero-order chi connectivity index (χ0) is 14.1. The number of benzene rings is 3. The minimum atomic E-state index is 0.122. The maximum atomic E-state index is 10.5. The molecule has 3 rings (SSSR count). The minimum absolute atomic E-state index is 0.122. The van der Waals surface area contributed by atoms with E-state index in [1.54, 1.807) is 0 Å². The summed E-state index contributed by atoms with van der Waals surface area (Å²) in [5.41, 5.74) is 2.08. The first kappa shape index (κ1) is 13.0. The largest absolute Gasteiger partial charge is 0.507 e. The summed E-state index contributed by atoms with van der Waals surface area (Å²) in [7, 11) is 0. The molecule has 0 aliphatic heterocycles. The molecule has 0 saturated heterocycles. The molecule has 1 unspecified atom stereocenters. The van der Waals surface area contributed by atoms with Gasteiger partial charge in [-0.05, 0) is 23.1 Å². The highest BCUT2D eigenvalue weighted by Crippen LogP contribution is 2.36. The van der Waals surface area contributed by atoms with Crippen molar-refractivity contribution in [3.05, 3.63) is 76.8 Å². The fourth-order valence-electron chi connectivity index (χ4n) is 2.55. The Kier molecular flexibility index (Phi) is 3.37. The van der Waals surface area contributed by atoms with Gasteiger partial charge >= 0.3 is 0 Å². The summed E-state index contributed by atoms with van der Waals surface area (Å²) in [4.78, 5) is 0. The molecule has 0 radical (unpaired) electrons. The third-order valence-electron chi connectivity index (χ3n) is 3.77. The Morgan fingerprint density at radius 3 is 2.35 bits per heavy atom. The molecule has 0 spiro atoms. The summed E-state index contributed by atoms with van der Waals surface area (Å²) in [5, 5.41) is 13.2. The molecule has 0 amide bonds. The van der Waals surface area contributed by atoms with Crippen molar-refractivity contribution in [3.8, 4) is 5.75 Å². The molecule has 20 heavy (non-hydrogen) atoms. The number of halogens is 1. The van der Waals surface area contributed by atoms with E-state index in [4.69, 9.17) is 11.6 Å². The van der Waals surface area contributed by atoms with Crippen LogP contribution in [0.1, 0.15) is 24.0 Å². The number of hydrogen-bond donors (Lipinski definition) is 1. The van der Waals surface area contributed by atoms with E-state index in [9.17, 15) is 5.11 Å². The lowest BCUT2D eigenvalue weighted by Crippen LogP contribution is -1.96. The van der Waals surface area contributed by atoms with E-state index in [0.29, 0.717) is 5.75 Å². The van der Waals surface area contributed by atoms with E-state index in [2.05, 4.69) is 13.0 Å². The second kappa shape index (κ2) is 5.18. The van der Waals surface area contributed by atoms with Crippen molar-refractivity contribution in [1.82, 2.24) is 0 Å². The van der Waals surface area contributed by atoms with E-state index in [0.717, 1.165) is 26.9 Å². The second-order valence-corrected chi connectivity index (χ2v) is 5.43. The van der Waals surface area contributed by atoms with Crippen LogP contribution in [0.15, 0.2) is 60.7 Å². The Balaban J connectivity index is 2.09. The normalized spacial score (nSPS) is 12.5. The fraction of sp³-hybridized carbons (Fsp3) is 0.111. The number of aromatic hydroxyl groups is 1. The number of fused-ring (bicyclic) bond motifs is 1. The zero-order valence-electron chi connectivity index (χ0n) is 11.2. The lowest BCUT2D eigenvalue weighted by Gasteiger charge is -2.15. The van der Waals surface area contributed by atoms with Crippen molar-refractivity contribution in [2.45, 2.75) is 12.8 Å². The highest BCUT2D eigenvalue weighted by atomic mass is 35.5. The first-order valence-corrected chi connectivity index (χ1v) is 7.00. The second-order valence-electron chi connectivity index (χ2n) is 5.00. The fourth-order valence-corrected chi connectivity index (χ4v) is 2.68. The summed E-state index contributed by atoms with van der Waals surface area (Å²) in [5.74, 6) is 0.488. The molecule has 3 aromatic rings. The number of hydrogen-bond acceptors (Lipinski definition) is 1.